The van der Waals surface area contributed by atoms with Gasteiger partial charge in [0.15, 0.2) is 0 Å². The van der Waals surface area contributed by atoms with Gasteiger partial charge in [0.2, 0.25) is 0 Å². The van der Waals surface area contributed by atoms with E-state index < -0.39 is 0 Å². The van der Waals surface area contributed by atoms with E-state index in [9.17, 15) is 0 Å². The predicted molar refractivity (Wildman–Crippen MR) is 143 cm³/mol. The van der Waals surface area contributed by atoms with Gasteiger partial charge in [0, 0.05) is 59.8 Å². The van der Waals surface area contributed by atoms with Crippen LogP contribution in [0.2, 0.25) is 0 Å². The number of H-pyrrole nitrogens is 1. The van der Waals surface area contributed by atoms with E-state index in [4.69, 9.17) is 16.6 Å². The number of nitrogens with one attached hydrogen (secondary N) is 4. The maximum atomic E-state index is 8.84. The maximum Gasteiger partial charge on any atom is 0.0868 e. The van der Waals surface area contributed by atoms with Crippen molar-refractivity contribution in [2.24, 2.45) is 0 Å². The van der Waals surface area contributed by atoms with Crippen LogP contribution in [0.5, 0.6) is 0 Å². The maximum absolute atomic E-state index is 8.84. The molecule has 0 bridgehead atoms. The Morgan fingerprint density at radius 3 is 2.68 bits per heavy atom. The molecular formula is C27H35N7. The number of likely N-dealkylation sites (tertiary alicyclic amines) is 1. The van der Waals surface area contributed by atoms with E-state index in [-0.39, 0.29) is 0 Å². The van der Waals surface area contributed by atoms with Gasteiger partial charge < -0.3 is 26.3 Å². The summed E-state index contributed by atoms with van der Waals surface area (Å²) in [6.45, 7) is 3.24. The third-order valence-electron chi connectivity index (χ3n) is 6.81. The molecular weight excluding hydrogens is 422 g/mol. The molecule has 6 N–H and O–H groups in total. The minimum Gasteiger partial charge on any atom is -0.398 e. The Balaban J connectivity index is 1.56. The fourth-order valence-electron chi connectivity index (χ4n) is 4.73. The summed E-state index contributed by atoms with van der Waals surface area (Å²) in [4.78, 5) is 8.26. The lowest BCUT2D eigenvalue weighted by molar-refractivity contribution is 0.139. The highest BCUT2D eigenvalue weighted by atomic mass is 15.2. The van der Waals surface area contributed by atoms with Crippen LogP contribution in [-0.4, -0.2) is 67.0 Å². The predicted octanol–water partition coefficient (Wildman–Crippen LogP) is 3.90. The molecule has 0 aliphatic carbocycles. The number of benzene rings is 2. The second-order valence-corrected chi connectivity index (χ2v) is 9.26. The van der Waals surface area contributed by atoms with Gasteiger partial charge in [-0.25, -0.2) is 0 Å². The normalized spacial score (nSPS) is 15.7. The number of aromatic amines is 1. The Kier molecular flexibility index (Phi) is 7.14. The molecule has 3 aromatic rings. The Morgan fingerprint density at radius 2 is 1.97 bits per heavy atom. The first kappa shape index (κ1) is 23.7. The number of nitrogen functional groups attached to an aromatic ring is 1. The topological polar surface area (TPSA) is 108 Å². The summed E-state index contributed by atoms with van der Waals surface area (Å²) in [6.07, 6.45) is 5.48. The molecule has 34 heavy (non-hydrogen) atoms. The Labute approximate surface area is 201 Å². The van der Waals surface area contributed by atoms with Crippen molar-refractivity contribution in [1.29, 1.82) is 10.8 Å². The Bertz CT molecular complexity index is 1210. The largest absolute Gasteiger partial charge is 0.398 e. The number of hydrogen-bond donors (Lipinski definition) is 5. The summed E-state index contributed by atoms with van der Waals surface area (Å²) in [5, 5.41) is 20.6. The zero-order valence-corrected chi connectivity index (χ0v) is 20.3. The number of fused-ring (bicyclic) bond motifs is 1. The molecule has 0 radical (unpaired) electrons. The molecule has 178 valence electrons. The molecule has 0 amide bonds. The van der Waals surface area contributed by atoms with Crippen molar-refractivity contribution in [3.8, 4) is 0 Å². The summed E-state index contributed by atoms with van der Waals surface area (Å²) in [5.41, 5.74) is 12.4. The van der Waals surface area contributed by atoms with E-state index in [0.717, 1.165) is 47.4 Å². The molecule has 1 aromatic heterocycles. The molecule has 7 nitrogen and oxygen atoms in total. The van der Waals surface area contributed by atoms with Gasteiger partial charge in [0.05, 0.1) is 11.4 Å². The van der Waals surface area contributed by atoms with Crippen molar-refractivity contribution in [2.75, 3.05) is 40.0 Å². The van der Waals surface area contributed by atoms with Crippen LogP contribution in [0.3, 0.4) is 0 Å². The van der Waals surface area contributed by atoms with Crippen LogP contribution >= 0.6 is 0 Å². The number of allylic oxidation sites excluding steroid dienone is 1. The fourth-order valence-corrected chi connectivity index (χ4v) is 4.73. The molecule has 1 aliphatic heterocycles. The lowest BCUT2D eigenvalue weighted by atomic mass is 9.99. The van der Waals surface area contributed by atoms with E-state index >= 15 is 0 Å². The zero-order chi connectivity index (χ0) is 24.2. The van der Waals surface area contributed by atoms with E-state index in [1.807, 2.05) is 18.2 Å². The molecule has 0 unspecified atom stereocenters. The molecule has 2 heterocycles. The number of nitrogens with two attached hydrogens (primary N) is 1. The molecule has 7 heteroatoms. The molecule has 1 fully saturated rings. The quantitative estimate of drug-likeness (QED) is 0.261. The van der Waals surface area contributed by atoms with Gasteiger partial charge in [-0.1, -0.05) is 12.1 Å². The minimum absolute atomic E-state index is 0.342. The number of rotatable bonds is 8. The molecule has 0 spiro atoms. The third-order valence-corrected chi connectivity index (χ3v) is 6.81. The first-order chi connectivity index (χ1) is 16.4. The Hall–Kier alpha value is -3.42. The van der Waals surface area contributed by atoms with E-state index in [0.29, 0.717) is 23.0 Å². The van der Waals surface area contributed by atoms with Crippen molar-refractivity contribution in [1.82, 2.24) is 20.1 Å². The van der Waals surface area contributed by atoms with Gasteiger partial charge in [-0.15, -0.1) is 0 Å². The van der Waals surface area contributed by atoms with Crippen LogP contribution in [0, 0.1) is 10.8 Å². The number of nitrogens with zero attached hydrogens (tertiary/aromatic N) is 2. The minimum atomic E-state index is 0.342. The third kappa shape index (κ3) is 5.05. The Morgan fingerprint density at radius 1 is 1.21 bits per heavy atom. The second-order valence-electron chi connectivity index (χ2n) is 9.26. The van der Waals surface area contributed by atoms with Crippen molar-refractivity contribution in [3.63, 3.8) is 0 Å². The van der Waals surface area contributed by atoms with Gasteiger partial charge in [-0.2, -0.15) is 0 Å². The van der Waals surface area contributed by atoms with Crippen LogP contribution in [0.4, 0.5) is 5.69 Å². The summed E-state index contributed by atoms with van der Waals surface area (Å²) in [6, 6.07) is 14.7. The van der Waals surface area contributed by atoms with Crippen LogP contribution in [-0.2, 0) is 6.54 Å². The first-order valence-corrected chi connectivity index (χ1v) is 11.8. The molecule has 4 rings (SSSR count). The van der Waals surface area contributed by atoms with Crippen molar-refractivity contribution < 1.29 is 0 Å². The zero-order valence-electron chi connectivity index (χ0n) is 20.3. The van der Waals surface area contributed by atoms with Crippen molar-refractivity contribution >= 4 is 34.1 Å². The number of aromatic nitrogens is 1. The van der Waals surface area contributed by atoms with Gasteiger partial charge in [-0.05, 0) is 81.5 Å². The van der Waals surface area contributed by atoms with Gasteiger partial charge >= 0.3 is 0 Å². The van der Waals surface area contributed by atoms with Crippen LogP contribution < -0.4 is 11.1 Å². The highest BCUT2D eigenvalue weighted by molar-refractivity contribution is 6.16. The molecule has 1 aliphatic rings. The highest BCUT2D eigenvalue weighted by Gasteiger charge is 2.21. The second kappa shape index (κ2) is 10.2. The average Bonchev–Trinajstić information content (AvgIpc) is 3.26. The van der Waals surface area contributed by atoms with Crippen molar-refractivity contribution in [2.45, 2.75) is 25.4 Å². The van der Waals surface area contributed by atoms with E-state index in [1.54, 1.807) is 19.3 Å². The average molecular weight is 458 g/mol. The highest BCUT2D eigenvalue weighted by Crippen LogP contribution is 2.25. The van der Waals surface area contributed by atoms with E-state index in [1.165, 1.54) is 24.6 Å². The summed E-state index contributed by atoms with van der Waals surface area (Å²) in [7, 11) is 6.22. The molecule has 1 saturated heterocycles. The van der Waals surface area contributed by atoms with Crippen LogP contribution in [0.1, 0.15) is 35.2 Å². The molecule has 2 aromatic carbocycles. The summed E-state index contributed by atoms with van der Waals surface area (Å²) in [5.74, 6) is 0. The standard InChI is InChI=1S/C27H35N7/c1-31-16-21(15-28)19-5-6-24(29)23(13-19)27(30)26-14-20-12-18(4-7-25(20)32-26)17-34(3)22-8-10-33(2)11-9-22/h4-7,12-16,22,28,30-32H,8-11,17,29H2,1-3H3/b21-16+,28-15?,30-27?. The summed E-state index contributed by atoms with van der Waals surface area (Å²) < 4.78 is 0. The number of anilines is 1. The summed E-state index contributed by atoms with van der Waals surface area (Å²) >= 11 is 0. The lowest BCUT2D eigenvalue weighted by Gasteiger charge is -2.35. The smallest absolute Gasteiger partial charge is 0.0868 e. The molecule has 0 saturated carbocycles. The first-order valence-electron chi connectivity index (χ1n) is 11.8. The van der Waals surface area contributed by atoms with Gasteiger partial charge in [0.1, 0.15) is 0 Å². The number of hydrogen-bond acceptors (Lipinski definition) is 6. The van der Waals surface area contributed by atoms with E-state index in [2.05, 4.69) is 52.4 Å². The molecule has 0 atom stereocenters. The monoisotopic (exact) mass is 457 g/mol. The lowest BCUT2D eigenvalue weighted by Crippen LogP contribution is -2.41. The number of piperidine rings is 1. The van der Waals surface area contributed by atoms with Gasteiger partial charge in [-0.3, -0.25) is 10.3 Å². The fraction of sp³-hybridized carbons (Fsp3) is 0.333. The van der Waals surface area contributed by atoms with Crippen molar-refractivity contribution in [3.05, 3.63) is 71.0 Å². The van der Waals surface area contributed by atoms with Gasteiger partial charge in [0.25, 0.3) is 0 Å². The van der Waals surface area contributed by atoms with Crippen LogP contribution in [0.15, 0.2) is 48.7 Å². The SMILES string of the molecule is CN/C=C(\C=N)c1ccc(N)c(C(=N)c2cc3cc(CN(C)C4CCN(C)CC4)ccc3[nH]2)c1. The van der Waals surface area contributed by atoms with Crippen LogP contribution in [0.25, 0.3) is 16.5 Å².